The highest BCUT2D eigenvalue weighted by Crippen LogP contribution is 2.46. The molecule has 0 aromatic heterocycles. The predicted molar refractivity (Wildman–Crippen MR) is 192 cm³/mol. The van der Waals surface area contributed by atoms with Gasteiger partial charge >= 0.3 is 5.97 Å². The molecular weight excluding hydrogens is 616 g/mol. The normalized spacial score (nSPS) is 14.6. The highest BCUT2D eigenvalue weighted by atomic mass is 16.4. The molecule has 0 fully saturated rings. The summed E-state index contributed by atoms with van der Waals surface area (Å²) in [7, 11) is 0. The molecule has 1 N–H and O–H groups in total. The van der Waals surface area contributed by atoms with Gasteiger partial charge in [-0.2, -0.15) is 0 Å². The molecule has 0 saturated carbocycles. The fourth-order valence-corrected chi connectivity index (χ4v) is 8.28. The number of carboxylic acid groups (broad SMARTS) is 1. The number of unbranched alkanes of at least 4 members (excludes halogenated alkanes) is 6. The van der Waals surface area contributed by atoms with E-state index in [1.165, 1.54) is 0 Å². The molecule has 0 bridgehead atoms. The Balaban J connectivity index is 1.34. The molecule has 0 spiro atoms. The number of amides is 4. The van der Waals surface area contributed by atoms with Crippen LogP contribution in [0.15, 0.2) is 48.5 Å². The van der Waals surface area contributed by atoms with Crippen LogP contribution >= 0.6 is 0 Å². The van der Waals surface area contributed by atoms with Crippen molar-refractivity contribution in [3.8, 4) is 0 Å². The summed E-state index contributed by atoms with van der Waals surface area (Å²) in [5.74, 6) is -2.30. The van der Waals surface area contributed by atoms with E-state index < -0.39 is 17.8 Å². The number of aliphatic carboxylic acids is 1. The van der Waals surface area contributed by atoms with E-state index in [1.807, 2.05) is 36.4 Å². The summed E-state index contributed by atoms with van der Waals surface area (Å²) in [5.41, 5.74) is 1.89. The van der Waals surface area contributed by atoms with Gasteiger partial charge in [-0.1, -0.05) is 89.5 Å². The average Bonchev–Trinajstić information content (AvgIpc) is 3.10. The summed E-state index contributed by atoms with van der Waals surface area (Å²) in [5, 5.41) is 15.4. The molecule has 0 saturated heterocycles. The molecule has 49 heavy (non-hydrogen) atoms. The molecule has 5 aromatic carbocycles. The highest BCUT2D eigenvalue weighted by Gasteiger charge is 2.39. The Kier molecular flexibility index (Phi) is 8.82. The van der Waals surface area contributed by atoms with E-state index in [0.29, 0.717) is 33.0 Å². The maximum atomic E-state index is 14.3. The van der Waals surface area contributed by atoms with E-state index in [2.05, 4.69) is 13.8 Å². The number of fused-ring (bicyclic) bond motifs is 2. The molecule has 252 valence electrons. The molecule has 0 atom stereocenters. The van der Waals surface area contributed by atoms with Gasteiger partial charge in [0.25, 0.3) is 23.6 Å². The van der Waals surface area contributed by atoms with Gasteiger partial charge in [-0.25, -0.2) is 0 Å². The highest BCUT2D eigenvalue weighted by molar-refractivity contribution is 6.41. The second-order valence-corrected chi connectivity index (χ2v) is 13.7. The standard InChI is InChI=1S/C41H42N2O6/c1-3-5-7-9-12-24(13-10-8-6-4-2)43-40(48)31-21-17-27-25-15-19-29-36-30(39(47)42(38(29)46)23-11-14-33(44)45)20-16-26(34(25)36)28-18-22-32(41(43)49)37(31)35(27)28/h15-22,24H,3-14,23H2,1-2H3,(H,44,45). The van der Waals surface area contributed by atoms with E-state index in [9.17, 15) is 24.0 Å². The first-order valence-corrected chi connectivity index (χ1v) is 17.9. The molecule has 2 aliphatic heterocycles. The topological polar surface area (TPSA) is 112 Å². The van der Waals surface area contributed by atoms with Gasteiger partial charge in [-0.3, -0.25) is 33.8 Å². The number of hydrogen-bond acceptors (Lipinski definition) is 5. The lowest BCUT2D eigenvalue weighted by Crippen LogP contribution is -2.47. The third-order valence-corrected chi connectivity index (χ3v) is 10.7. The third kappa shape index (κ3) is 5.32. The van der Waals surface area contributed by atoms with Crippen LogP contribution in [0.5, 0.6) is 0 Å². The van der Waals surface area contributed by atoms with Crippen molar-refractivity contribution in [1.82, 2.24) is 9.80 Å². The first-order valence-electron chi connectivity index (χ1n) is 17.9. The van der Waals surface area contributed by atoms with Crippen LogP contribution in [0.3, 0.4) is 0 Å². The second-order valence-electron chi connectivity index (χ2n) is 13.7. The molecule has 7 rings (SSSR count). The number of imide groups is 2. The van der Waals surface area contributed by atoms with Crippen molar-refractivity contribution >= 4 is 72.7 Å². The van der Waals surface area contributed by atoms with Gasteiger partial charge in [-0.15, -0.1) is 0 Å². The number of hydrogen-bond donors (Lipinski definition) is 1. The maximum absolute atomic E-state index is 14.3. The van der Waals surface area contributed by atoms with Crippen LogP contribution in [0.4, 0.5) is 0 Å². The van der Waals surface area contributed by atoms with E-state index in [4.69, 9.17) is 5.11 Å². The molecule has 5 aromatic rings. The fraction of sp³-hybridized carbons (Fsp3) is 0.390. The zero-order chi connectivity index (χ0) is 34.4. The van der Waals surface area contributed by atoms with Crippen LogP contribution in [-0.4, -0.2) is 57.1 Å². The van der Waals surface area contributed by atoms with Crippen LogP contribution in [0, 0.1) is 0 Å². The monoisotopic (exact) mass is 658 g/mol. The van der Waals surface area contributed by atoms with Crippen molar-refractivity contribution in [2.45, 2.75) is 96.9 Å². The molecular formula is C41H42N2O6. The van der Waals surface area contributed by atoms with Crippen molar-refractivity contribution in [3.63, 3.8) is 0 Å². The molecule has 0 unspecified atom stereocenters. The summed E-state index contributed by atoms with van der Waals surface area (Å²) >= 11 is 0. The van der Waals surface area contributed by atoms with Gasteiger partial charge in [0.2, 0.25) is 0 Å². The van der Waals surface area contributed by atoms with E-state index in [0.717, 1.165) is 101 Å². The van der Waals surface area contributed by atoms with E-state index >= 15 is 0 Å². The van der Waals surface area contributed by atoms with Crippen LogP contribution in [0.2, 0.25) is 0 Å². The van der Waals surface area contributed by atoms with Gasteiger partial charge in [-0.05, 0) is 75.8 Å². The Morgan fingerprint density at radius 3 is 1.35 bits per heavy atom. The Hall–Kier alpha value is -4.85. The van der Waals surface area contributed by atoms with Gasteiger partial charge in [0.1, 0.15) is 0 Å². The SMILES string of the molecule is CCCCCCC(CCCCCC)N1C(=O)c2ccc3c4ccc5c6c(ccc(c7ccc(c2c37)C1=O)c64)C(=O)N(CCCC(=O)O)C5=O. The summed E-state index contributed by atoms with van der Waals surface area (Å²) in [6.45, 7) is 4.39. The molecule has 2 aliphatic rings. The van der Waals surface area contributed by atoms with Crippen LogP contribution in [-0.2, 0) is 4.79 Å². The molecule has 0 aliphatic carbocycles. The average molecular weight is 659 g/mol. The van der Waals surface area contributed by atoms with Crippen molar-refractivity contribution in [2.75, 3.05) is 6.54 Å². The second kappa shape index (κ2) is 13.2. The Bertz CT molecular complexity index is 2030. The van der Waals surface area contributed by atoms with Gasteiger partial charge < -0.3 is 5.11 Å². The van der Waals surface area contributed by atoms with Gasteiger partial charge in [0.05, 0.1) is 0 Å². The zero-order valence-corrected chi connectivity index (χ0v) is 28.3. The Morgan fingerprint density at radius 2 is 0.959 bits per heavy atom. The number of carbonyl (C=O) groups excluding carboxylic acids is 4. The first kappa shape index (κ1) is 32.7. The summed E-state index contributed by atoms with van der Waals surface area (Å²) < 4.78 is 0. The van der Waals surface area contributed by atoms with Crippen LogP contribution in [0.1, 0.15) is 132 Å². The van der Waals surface area contributed by atoms with E-state index in [1.54, 1.807) is 17.0 Å². The number of rotatable bonds is 15. The van der Waals surface area contributed by atoms with Gasteiger partial charge in [0, 0.05) is 52.0 Å². The van der Waals surface area contributed by atoms with Crippen LogP contribution in [0.25, 0.3) is 43.1 Å². The predicted octanol–water partition coefficient (Wildman–Crippen LogP) is 9.10. The number of carbonyl (C=O) groups is 5. The van der Waals surface area contributed by atoms with Gasteiger partial charge in [0.15, 0.2) is 0 Å². The molecule has 8 nitrogen and oxygen atoms in total. The molecule has 2 heterocycles. The zero-order valence-electron chi connectivity index (χ0n) is 28.3. The molecule has 8 heteroatoms. The number of benzene rings is 5. The Labute approximate surface area is 285 Å². The maximum Gasteiger partial charge on any atom is 0.303 e. The minimum absolute atomic E-state index is 0.0273. The lowest BCUT2D eigenvalue weighted by molar-refractivity contribution is -0.137. The quantitative estimate of drug-likeness (QED) is 0.0520. The minimum atomic E-state index is -0.976. The largest absolute Gasteiger partial charge is 0.481 e. The summed E-state index contributed by atoms with van der Waals surface area (Å²) in [6.07, 6.45) is 10.3. The minimum Gasteiger partial charge on any atom is -0.481 e. The van der Waals surface area contributed by atoms with Crippen molar-refractivity contribution < 1.29 is 29.1 Å². The van der Waals surface area contributed by atoms with E-state index in [-0.39, 0.29) is 37.2 Å². The smallest absolute Gasteiger partial charge is 0.303 e. The van der Waals surface area contributed by atoms with Crippen molar-refractivity contribution in [2.24, 2.45) is 0 Å². The fourth-order valence-electron chi connectivity index (χ4n) is 8.28. The Morgan fingerprint density at radius 1 is 0.551 bits per heavy atom. The van der Waals surface area contributed by atoms with Crippen molar-refractivity contribution in [3.05, 3.63) is 70.8 Å². The molecule has 0 radical (unpaired) electrons. The summed E-state index contributed by atoms with van der Waals surface area (Å²) in [6, 6.07) is 14.7. The lowest BCUT2D eigenvalue weighted by Gasteiger charge is -2.35. The van der Waals surface area contributed by atoms with Crippen LogP contribution < -0.4 is 0 Å². The number of nitrogens with zero attached hydrogens (tertiary/aromatic N) is 2. The summed E-state index contributed by atoms with van der Waals surface area (Å²) in [4.78, 5) is 69.7. The lowest BCUT2D eigenvalue weighted by atomic mass is 9.82. The third-order valence-electron chi connectivity index (χ3n) is 10.7. The number of carboxylic acids is 1. The first-order chi connectivity index (χ1) is 23.8. The van der Waals surface area contributed by atoms with Crippen molar-refractivity contribution in [1.29, 1.82) is 0 Å². The molecule has 4 amide bonds.